The zero-order chi connectivity index (χ0) is 15.4. The molecule has 120 valence electrons. The third kappa shape index (κ3) is 4.35. The number of aliphatic carboxylic acids is 1. The van der Waals surface area contributed by atoms with Crippen molar-refractivity contribution in [3.8, 4) is 0 Å². The molecule has 0 radical (unpaired) electrons. The number of carbonyl (C=O) groups excluding carboxylic acids is 1. The van der Waals surface area contributed by atoms with E-state index in [-0.39, 0.29) is 18.4 Å². The highest BCUT2D eigenvalue weighted by molar-refractivity contribution is 5.74. The van der Waals surface area contributed by atoms with E-state index in [1.54, 1.807) is 0 Å². The van der Waals surface area contributed by atoms with Gasteiger partial charge in [0.2, 0.25) is 0 Å². The second-order valence-corrected chi connectivity index (χ2v) is 6.90. The Kier molecular flexibility index (Phi) is 5.48. The highest BCUT2D eigenvalue weighted by atomic mass is 16.4. The molecular formula is C16H28N2O3. The Morgan fingerprint density at radius 2 is 1.76 bits per heavy atom. The van der Waals surface area contributed by atoms with Crippen molar-refractivity contribution in [1.29, 1.82) is 0 Å². The van der Waals surface area contributed by atoms with Crippen LogP contribution in [0.15, 0.2) is 0 Å². The smallest absolute Gasteiger partial charge is 0.320 e. The van der Waals surface area contributed by atoms with E-state index < -0.39 is 5.97 Å². The number of likely N-dealkylation sites (tertiary alicyclic amines) is 2. The second kappa shape index (κ2) is 7.14. The molecule has 2 amide bonds. The summed E-state index contributed by atoms with van der Waals surface area (Å²) in [6.45, 7) is 7.47. The summed E-state index contributed by atoms with van der Waals surface area (Å²) in [6.07, 6.45) is 4.54. The van der Waals surface area contributed by atoms with Crippen LogP contribution in [0.4, 0.5) is 4.79 Å². The van der Waals surface area contributed by atoms with Gasteiger partial charge >= 0.3 is 12.0 Å². The first-order valence-electron chi connectivity index (χ1n) is 8.23. The number of rotatable bonds is 3. The van der Waals surface area contributed by atoms with Crippen molar-refractivity contribution in [2.45, 2.75) is 46.0 Å². The predicted molar refractivity (Wildman–Crippen MR) is 81.1 cm³/mol. The fourth-order valence-corrected chi connectivity index (χ4v) is 3.65. The van der Waals surface area contributed by atoms with Gasteiger partial charge in [-0.1, -0.05) is 13.8 Å². The summed E-state index contributed by atoms with van der Waals surface area (Å²) in [5, 5.41) is 8.93. The Morgan fingerprint density at radius 3 is 2.38 bits per heavy atom. The summed E-state index contributed by atoms with van der Waals surface area (Å²) in [5.41, 5.74) is 0. The zero-order valence-corrected chi connectivity index (χ0v) is 13.3. The molecule has 0 saturated carbocycles. The molecule has 0 spiro atoms. The molecule has 21 heavy (non-hydrogen) atoms. The maximum Gasteiger partial charge on any atom is 0.320 e. The SMILES string of the molecule is CC1CCCN(C(=O)N2CCCC(C(C)CC(=O)O)C2)C1. The van der Waals surface area contributed by atoms with E-state index in [4.69, 9.17) is 5.11 Å². The minimum atomic E-state index is -0.740. The first-order valence-corrected chi connectivity index (χ1v) is 8.23. The van der Waals surface area contributed by atoms with Crippen LogP contribution in [-0.2, 0) is 4.79 Å². The van der Waals surface area contributed by atoms with E-state index >= 15 is 0 Å². The van der Waals surface area contributed by atoms with E-state index in [1.165, 1.54) is 6.42 Å². The average Bonchev–Trinajstić information content (AvgIpc) is 2.46. The van der Waals surface area contributed by atoms with Gasteiger partial charge < -0.3 is 14.9 Å². The Bertz CT molecular complexity index is 386. The molecule has 0 aromatic rings. The van der Waals surface area contributed by atoms with Crippen LogP contribution < -0.4 is 0 Å². The number of carboxylic acids is 1. The molecule has 2 fully saturated rings. The lowest BCUT2D eigenvalue weighted by atomic mass is 9.85. The van der Waals surface area contributed by atoms with Crippen LogP contribution in [-0.4, -0.2) is 53.1 Å². The molecule has 1 N–H and O–H groups in total. The number of hydrogen-bond donors (Lipinski definition) is 1. The largest absolute Gasteiger partial charge is 0.481 e. The lowest BCUT2D eigenvalue weighted by Gasteiger charge is -2.40. The number of nitrogens with zero attached hydrogens (tertiary/aromatic N) is 2. The van der Waals surface area contributed by atoms with Crippen LogP contribution in [0.5, 0.6) is 0 Å². The molecule has 2 heterocycles. The number of amides is 2. The van der Waals surface area contributed by atoms with Crippen molar-refractivity contribution < 1.29 is 14.7 Å². The van der Waals surface area contributed by atoms with Gasteiger partial charge in [-0.15, -0.1) is 0 Å². The van der Waals surface area contributed by atoms with Gasteiger partial charge in [-0.05, 0) is 43.4 Å². The molecule has 2 aliphatic heterocycles. The number of carbonyl (C=O) groups is 2. The summed E-state index contributed by atoms with van der Waals surface area (Å²) < 4.78 is 0. The van der Waals surface area contributed by atoms with Gasteiger partial charge in [0.1, 0.15) is 0 Å². The molecule has 5 heteroatoms. The Morgan fingerprint density at radius 1 is 1.14 bits per heavy atom. The van der Waals surface area contributed by atoms with E-state index in [9.17, 15) is 9.59 Å². The van der Waals surface area contributed by atoms with Gasteiger partial charge in [-0.3, -0.25) is 4.79 Å². The number of carboxylic acid groups (broad SMARTS) is 1. The van der Waals surface area contributed by atoms with E-state index in [2.05, 4.69) is 6.92 Å². The van der Waals surface area contributed by atoms with Crippen LogP contribution in [0.2, 0.25) is 0 Å². The van der Waals surface area contributed by atoms with Gasteiger partial charge in [0.05, 0.1) is 0 Å². The topological polar surface area (TPSA) is 60.9 Å². The van der Waals surface area contributed by atoms with Gasteiger partial charge in [0, 0.05) is 32.6 Å². The van der Waals surface area contributed by atoms with Crippen LogP contribution >= 0.6 is 0 Å². The molecule has 2 aliphatic rings. The molecule has 3 atom stereocenters. The van der Waals surface area contributed by atoms with Crippen LogP contribution in [0, 0.1) is 17.8 Å². The molecule has 2 rings (SSSR count). The average molecular weight is 296 g/mol. The van der Waals surface area contributed by atoms with Gasteiger partial charge in [-0.2, -0.15) is 0 Å². The maximum atomic E-state index is 12.6. The maximum absolute atomic E-state index is 12.6. The standard InChI is InChI=1S/C16H28N2O3/c1-12-5-3-7-17(10-12)16(21)18-8-4-6-14(11-18)13(2)9-15(19)20/h12-14H,3-11H2,1-2H3,(H,19,20). The monoisotopic (exact) mass is 296 g/mol. The summed E-state index contributed by atoms with van der Waals surface area (Å²) in [7, 11) is 0. The number of hydrogen-bond acceptors (Lipinski definition) is 2. The quantitative estimate of drug-likeness (QED) is 0.871. The zero-order valence-electron chi connectivity index (χ0n) is 13.3. The molecule has 5 nitrogen and oxygen atoms in total. The Labute approximate surface area is 127 Å². The first-order chi connectivity index (χ1) is 9.97. The van der Waals surface area contributed by atoms with Crippen molar-refractivity contribution >= 4 is 12.0 Å². The predicted octanol–water partition coefficient (Wildman–Crippen LogP) is 2.66. The van der Waals surface area contributed by atoms with Crippen molar-refractivity contribution in [2.24, 2.45) is 17.8 Å². The molecule has 3 unspecified atom stereocenters. The van der Waals surface area contributed by atoms with Crippen molar-refractivity contribution in [3.05, 3.63) is 0 Å². The van der Waals surface area contributed by atoms with Gasteiger partial charge in [0.15, 0.2) is 0 Å². The van der Waals surface area contributed by atoms with Crippen molar-refractivity contribution in [1.82, 2.24) is 9.80 Å². The number of piperidine rings is 2. The second-order valence-electron chi connectivity index (χ2n) is 6.90. The molecular weight excluding hydrogens is 268 g/mol. The fraction of sp³-hybridized carbons (Fsp3) is 0.875. The molecule has 0 aliphatic carbocycles. The van der Waals surface area contributed by atoms with E-state index in [1.807, 2.05) is 16.7 Å². The highest BCUT2D eigenvalue weighted by Gasteiger charge is 2.31. The summed E-state index contributed by atoms with van der Waals surface area (Å²) in [6, 6.07) is 0.161. The fourth-order valence-electron chi connectivity index (χ4n) is 3.65. The third-order valence-electron chi connectivity index (χ3n) is 4.96. The first kappa shape index (κ1) is 16.1. The van der Waals surface area contributed by atoms with E-state index in [0.29, 0.717) is 11.8 Å². The minimum Gasteiger partial charge on any atom is -0.481 e. The normalized spacial score (nSPS) is 28.3. The van der Waals surface area contributed by atoms with Crippen molar-refractivity contribution in [2.75, 3.05) is 26.2 Å². The van der Waals surface area contributed by atoms with Crippen LogP contribution in [0.3, 0.4) is 0 Å². The minimum absolute atomic E-state index is 0.137. The van der Waals surface area contributed by atoms with Gasteiger partial charge in [-0.25, -0.2) is 4.79 Å². The lowest BCUT2D eigenvalue weighted by molar-refractivity contribution is -0.138. The number of urea groups is 1. The molecule has 0 aromatic carbocycles. The van der Waals surface area contributed by atoms with Crippen molar-refractivity contribution in [3.63, 3.8) is 0 Å². The Balaban J connectivity index is 1.90. The highest BCUT2D eigenvalue weighted by Crippen LogP contribution is 2.27. The molecule has 2 saturated heterocycles. The summed E-state index contributed by atoms with van der Waals surface area (Å²) in [5.74, 6) is 0.310. The summed E-state index contributed by atoms with van der Waals surface area (Å²) in [4.78, 5) is 27.4. The summed E-state index contributed by atoms with van der Waals surface area (Å²) >= 11 is 0. The van der Waals surface area contributed by atoms with E-state index in [0.717, 1.165) is 45.4 Å². The van der Waals surface area contributed by atoms with Gasteiger partial charge in [0.25, 0.3) is 0 Å². The molecule has 0 bridgehead atoms. The molecule has 0 aromatic heterocycles. The third-order valence-corrected chi connectivity index (χ3v) is 4.96. The van der Waals surface area contributed by atoms with Crippen LogP contribution in [0.25, 0.3) is 0 Å². The lowest BCUT2D eigenvalue weighted by Crippen LogP contribution is -2.51. The Hall–Kier alpha value is -1.26. The van der Waals surface area contributed by atoms with Crippen LogP contribution in [0.1, 0.15) is 46.0 Å².